The van der Waals surface area contributed by atoms with Crippen molar-refractivity contribution in [1.29, 1.82) is 0 Å². The molecule has 1 fully saturated rings. The van der Waals surface area contributed by atoms with Crippen molar-refractivity contribution in [2.75, 3.05) is 13.1 Å². The van der Waals surface area contributed by atoms with Crippen LogP contribution in [0, 0.1) is 5.92 Å². The maximum Gasteiger partial charge on any atom is 0.326 e. The SMILES string of the molecule is CC(C)CC(NC(=O)C(CCCCN)NC(=O)C1CCCN1)C(=O)NC(CCC(=O)O)C(=O)O. The molecule has 194 valence electrons. The number of rotatable bonds is 16. The van der Waals surface area contributed by atoms with Crippen LogP contribution in [0.1, 0.15) is 65.2 Å². The Morgan fingerprint density at radius 2 is 1.59 bits per heavy atom. The average molecular weight is 486 g/mol. The third-order valence-electron chi connectivity index (χ3n) is 5.56. The molecule has 0 aromatic rings. The number of unbranched alkanes of at least 4 members (excludes halogenated alkanes) is 1. The largest absolute Gasteiger partial charge is 0.481 e. The van der Waals surface area contributed by atoms with Gasteiger partial charge in [0.05, 0.1) is 6.04 Å². The van der Waals surface area contributed by atoms with Crippen LogP contribution in [0.25, 0.3) is 0 Å². The predicted molar refractivity (Wildman–Crippen MR) is 124 cm³/mol. The topological polar surface area (TPSA) is 200 Å². The van der Waals surface area contributed by atoms with Crippen molar-refractivity contribution in [3.63, 3.8) is 0 Å². The van der Waals surface area contributed by atoms with Crippen LogP contribution in [0.5, 0.6) is 0 Å². The van der Waals surface area contributed by atoms with Crippen molar-refractivity contribution in [3.05, 3.63) is 0 Å². The van der Waals surface area contributed by atoms with Crippen LogP contribution in [0.3, 0.4) is 0 Å². The summed E-state index contributed by atoms with van der Waals surface area (Å²) in [5.74, 6) is -4.09. The van der Waals surface area contributed by atoms with Gasteiger partial charge in [0.25, 0.3) is 0 Å². The molecule has 12 nitrogen and oxygen atoms in total. The lowest BCUT2D eigenvalue weighted by atomic mass is 10.0. The number of nitrogens with one attached hydrogen (secondary N) is 4. The van der Waals surface area contributed by atoms with Gasteiger partial charge in [-0.25, -0.2) is 4.79 Å². The lowest BCUT2D eigenvalue weighted by Gasteiger charge is -2.26. The zero-order valence-electron chi connectivity index (χ0n) is 20.0. The predicted octanol–water partition coefficient (Wildman–Crippen LogP) is -0.683. The molecule has 1 aliphatic heterocycles. The second-order valence-electron chi connectivity index (χ2n) is 9.02. The number of aliphatic carboxylic acids is 2. The van der Waals surface area contributed by atoms with Gasteiger partial charge in [-0.15, -0.1) is 0 Å². The van der Waals surface area contributed by atoms with Crippen LogP contribution in [-0.4, -0.2) is 77.1 Å². The van der Waals surface area contributed by atoms with E-state index >= 15 is 0 Å². The molecule has 1 heterocycles. The number of carboxylic acid groups (broad SMARTS) is 2. The van der Waals surface area contributed by atoms with Crippen molar-refractivity contribution >= 4 is 29.7 Å². The molecule has 3 amide bonds. The van der Waals surface area contributed by atoms with Crippen LogP contribution in [0.15, 0.2) is 0 Å². The third-order valence-corrected chi connectivity index (χ3v) is 5.56. The molecule has 0 saturated carbocycles. The molecule has 0 radical (unpaired) electrons. The normalized spacial score (nSPS) is 18.1. The Hall–Kier alpha value is -2.73. The summed E-state index contributed by atoms with van der Waals surface area (Å²) in [4.78, 5) is 60.7. The number of hydrogen-bond acceptors (Lipinski definition) is 7. The van der Waals surface area contributed by atoms with Gasteiger partial charge in [0.2, 0.25) is 17.7 Å². The Bertz CT molecular complexity index is 710. The minimum absolute atomic E-state index is 0.00804. The number of nitrogens with two attached hydrogens (primary N) is 1. The van der Waals surface area contributed by atoms with E-state index in [-0.39, 0.29) is 30.7 Å². The molecule has 4 unspecified atom stereocenters. The second-order valence-corrected chi connectivity index (χ2v) is 9.02. The maximum absolute atomic E-state index is 13.1. The molecule has 1 rings (SSSR count). The number of carbonyl (C=O) groups excluding carboxylic acids is 3. The zero-order chi connectivity index (χ0) is 25.7. The lowest BCUT2D eigenvalue weighted by molar-refractivity contribution is -0.143. The van der Waals surface area contributed by atoms with Crippen LogP contribution in [-0.2, 0) is 24.0 Å². The monoisotopic (exact) mass is 485 g/mol. The minimum atomic E-state index is -1.40. The minimum Gasteiger partial charge on any atom is -0.481 e. The van der Waals surface area contributed by atoms with Crippen molar-refractivity contribution in [2.24, 2.45) is 11.7 Å². The highest BCUT2D eigenvalue weighted by molar-refractivity contribution is 5.94. The van der Waals surface area contributed by atoms with E-state index < -0.39 is 48.3 Å². The quantitative estimate of drug-likeness (QED) is 0.138. The summed E-state index contributed by atoms with van der Waals surface area (Å²) in [6.45, 7) is 4.86. The summed E-state index contributed by atoms with van der Waals surface area (Å²) in [6, 6.07) is -3.68. The highest BCUT2D eigenvalue weighted by Gasteiger charge is 2.31. The van der Waals surface area contributed by atoms with E-state index in [1.54, 1.807) is 0 Å². The summed E-state index contributed by atoms with van der Waals surface area (Å²) >= 11 is 0. The first-order valence-corrected chi connectivity index (χ1v) is 11.8. The Labute approximate surface area is 199 Å². The van der Waals surface area contributed by atoms with Gasteiger partial charge in [-0.05, 0) is 64.0 Å². The highest BCUT2D eigenvalue weighted by atomic mass is 16.4. The molecule has 0 bridgehead atoms. The van der Waals surface area contributed by atoms with Crippen LogP contribution >= 0.6 is 0 Å². The molecule has 0 aliphatic carbocycles. The molecule has 1 saturated heterocycles. The molecular formula is C22H39N5O7. The molecule has 4 atom stereocenters. The second kappa shape index (κ2) is 15.2. The number of carboxylic acids is 2. The lowest BCUT2D eigenvalue weighted by Crippen LogP contribution is -2.57. The van der Waals surface area contributed by atoms with Crippen molar-refractivity contribution in [2.45, 2.75) is 89.4 Å². The molecule has 34 heavy (non-hydrogen) atoms. The van der Waals surface area contributed by atoms with Crippen LogP contribution in [0.4, 0.5) is 0 Å². The summed E-state index contributed by atoms with van der Waals surface area (Å²) in [6.07, 6.45) is 2.67. The van der Waals surface area contributed by atoms with E-state index in [1.807, 2.05) is 13.8 Å². The van der Waals surface area contributed by atoms with E-state index in [2.05, 4.69) is 21.3 Å². The van der Waals surface area contributed by atoms with Crippen LogP contribution in [0.2, 0.25) is 0 Å². The van der Waals surface area contributed by atoms with Gasteiger partial charge in [-0.2, -0.15) is 0 Å². The first kappa shape index (κ1) is 29.3. The molecule has 1 aliphatic rings. The fourth-order valence-corrected chi connectivity index (χ4v) is 3.71. The van der Waals surface area contributed by atoms with E-state index in [4.69, 9.17) is 10.8 Å². The van der Waals surface area contributed by atoms with Gasteiger partial charge in [-0.3, -0.25) is 19.2 Å². The maximum atomic E-state index is 13.1. The van der Waals surface area contributed by atoms with Gasteiger partial charge >= 0.3 is 11.9 Å². The van der Waals surface area contributed by atoms with Gasteiger partial charge in [0.15, 0.2) is 0 Å². The Morgan fingerprint density at radius 1 is 0.941 bits per heavy atom. The molecule has 0 aromatic heterocycles. The third kappa shape index (κ3) is 10.9. The van der Waals surface area contributed by atoms with Gasteiger partial charge in [0.1, 0.15) is 18.1 Å². The first-order chi connectivity index (χ1) is 16.0. The summed E-state index contributed by atoms with van der Waals surface area (Å²) in [5, 5.41) is 29.0. The summed E-state index contributed by atoms with van der Waals surface area (Å²) in [7, 11) is 0. The summed E-state index contributed by atoms with van der Waals surface area (Å²) in [5.41, 5.74) is 5.55. The van der Waals surface area contributed by atoms with Crippen molar-refractivity contribution in [1.82, 2.24) is 21.3 Å². The highest BCUT2D eigenvalue weighted by Crippen LogP contribution is 2.10. The molecule has 12 heteroatoms. The Balaban J connectivity index is 2.90. The molecular weight excluding hydrogens is 446 g/mol. The van der Waals surface area contributed by atoms with Crippen LogP contribution < -0.4 is 27.0 Å². The molecule has 0 aromatic carbocycles. The smallest absolute Gasteiger partial charge is 0.326 e. The van der Waals surface area contributed by atoms with E-state index in [0.717, 1.165) is 13.0 Å². The van der Waals surface area contributed by atoms with E-state index in [0.29, 0.717) is 32.2 Å². The number of amides is 3. The first-order valence-electron chi connectivity index (χ1n) is 11.8. The fraction of sp³-hybridized carbons (Fsp3) is 0.773. The average Bonchev–Trinajstić information content (AvgIpc) is 3.29. The van der Waals surface area contributed by atoms with Gasteiger partial charge in [-0.1, -0.05) is 13.8 Å². The van der Waals surface area contributed by atoms with E-state index in [9.17, 15) is 29.1 Å². The molecule has 8 N–H and O–H groups in total. The van der Waals surface area contributed by atoms with Crippen molar-refractivity contribution < 1.29 is 34.2 Å². The Kier molecular flexibility index (Phi) is 13.1. The zero-order valence-corrected chi connectivity index (χ0v) is 20.0. The summed E-state index contributed by atoms with van der Waals surface area (Å²) < 4.78 is 0. The number of hydrogen-bond donors (Lipinski definition) is 7. The molecule has 0 spiro atoms. The number of carbonyl (C=O) groups is 5. The van der Waals surface area contributed by atoms with Crippen molar-refractivity contribution in [3.8, 4) is 0 Å². The van der Waals surface area contributed by atoms with E-state index in [1.165, 1.54) is 0 Å². The van der Waals surface area contributed by atoms with Gasteiger partial charge < -0.3 is 37.2 Å². The fourth-order valence-electron chi connectivity index (χ4n) is 3.71. The Morgan fingerprint density at radius 3 is 2.12 bits per heavy atom. The van der Waals surface area contributed by atoms with Gasteiger partial charge in [0, 0.05) is 6.42 Å². The standard InChI is InChI=1S/C22H39N5O7/c1-13(2)12-17(21(32)26-16(22(33)34)8-9-18(28)29)27-20(31)15(6-3-4-10-23)25-19(30)14-7-5-11-24-14/h13-17,24H,3-12,23H2,1-2H3,(H,25,30)(H,26,32)(H,27,31)(H,28,29)(H,33,34).